The summed E-state index contributed by atoms with van der Waals surface area (Å²) in [4.78, 5) is 29.0. The SMILES string of the molecule is Cc1ccc(CC(=O)N(Cc2ccccc2Cl)C(Cc2ccccc2)C(=O)NCC(C)C)cc1C. The van der Waals surface area contributed by atoms with Crippen LogP contribution in [-0.2, 0) is 29.0 Å². The van der Waals surface area contributed by atoms with E-state index in [9.17, 15) is 9.59 Å². The average Bonchev–Trinajstić information content (AvgIpc) is 2.83. The molecule has 5 heteroatoms. The van der Waals surface area contributed by atoms with Crippen molar-refractivity contribution < 1.29 is 9.59 Å². The zero-order chi connectivity index (χ0) is 25.4. The predicted molar refractivity (Wildman–Crippen MR) is 143 cm³/mol. The van der Waals surface area contributed by atoms with Crippen LogP contribution in [-0.4, -0.2) is 29.3 Å². The summed E-state index contributed by atoms with van der Waals surface area (Å²) in [6.45, 7) is 9.02. The van der Waals surface area contributed by atoms with Crippen molar-refractivity contribution in [2.24, 2.45) is 5.92 Å². The second kappa shape index (κ2) is 12.6. The van der Waals surface area contributed by atoms with Crippen molar-refractivity contribution in [2.75, 3.05) is 6.54 Å². The van der Waals surface area contributed by atoms with Gasteiger partial charge < -0.3 is 10.2 Å². The lowest BCUT2D eigenvalue weighted by Crippen LogP contribution is -2.51. The number of hydrogen-bond donors (Lipinski definition) is 1. The van der Waals surface area contributed by atoms with Gasteiger partial charge >= 0.3 is 0 Å². The lowest BCUT2D eigenvalue weighted by Gasteiger charge is -2.32. The number of benzene rings is 3. The zero-order valence-corrected chi connectivity index (χ0v) is 21.8. The molecule has 0 saturated heterocycles. The molecule has 2 amide bonds. The molecule has 0 spiro atoms. The molecular weight excluding hydrogens is 456 g/mol. The molecule has 184 valence electrons. The van der Waals surface area contributed by atoms with Gasteiger partial charge in [-0.05, 0) is 53.6 Å². The Hall–Kier alpha value is -3.11. The molecular formula is C30H35ClN2O2. The van der Waals surface area contributed by atoms with E-state index in [1.807, 2.05) is 79.7 Å². The van der Waals surface area contributed by atoms with Crippen LogP contribution in [0.2, 0.25) is 5.02 Å². The summed E-state index contributed by atoms with van der Waals surface area (Å²) in [5, 5.41) is 3.63. The molecule has 0 aliphatic carbocycles. The lowest BCUT2D eigenvalue weighted by atomic mass is 10.00. The van der Waals surface area contributed by atoms with Crippen LogP contribution in [0.15, 0.2) is 72.8 Å². The molecule has 0 aliphatic heterocycles. The van der Waals surface area contributed by atoms with Gasteiger partial charge in [-0.3, -0.25) is 9.59 Å². The molecule has 0 fully saturated rings. The molecule has 1 atom stereocenters. The highest BCUT2D eigenvalue weighted by molar-refractivity contribution is 6.31. The van der Waals surface area contributed by atoms with Crippen molar-refractivity contribution >= 4 is 23.4 Å². The Kier molecular flexibility index (Phi) is 9.50. The Morgan fingerprint density at radius 1 is 0.886 bits per heavy atom. The molecule has 0 bridgehead atoms. The van der Waals surface area contributed by atoms with Crippen LogP contribution in [0.25, 0.3) is 0 Å². The van der Waals surface area contributed by atoms with E-state index >= 15 is 0 Å². The summed E-state index contributed by atoms with van der Waals surface area (Å²) in [6.07, 6.45) is 0.641. The first-order valence-electron chi connectivity index (χ1n) is 12.1. The van der Waals surface area contributed by atoms with Gasteiger partial charge in [0.15, 0.2) is 0 Å². The lowest BCUT2D eigenvalue weighted by molar-refractivity contribution is -0.140. The maximum absolute atomic E-state index is 13.8. The van der Waals surface area contributed by atoms with E-state index in [1.165, 1.54) is 5.56 Å². The number of hydrogen-bond acceptors (Lipinski definition) is 2. The molecule has 35 heavy (non-hydrogen) atoms. The Morgan fingerprint density at radius 2 is 1.57 bits per heavy atom. The van der Waals surface area contributed by atoms with E-state index in [4.69, 9.17) is 11.6 Å². The maximum atomic E-state index is 13.8. The summed E-state index contributed by atoms with van der Waals surface area (Å²) in [6, 6.07) is 22.7. The van der Waals surface area contributed by atoms with E-state index in [0.717, 1.165) is 22.3 Å². The zero-order valence-electron chi connectivity index (χ0n) is 21.1. The molecule has 1 N–H and O–H groups in total. The topological polar surface area (TPSA) is 49.4 Å². The third kappa shape index (κ3) is 7.69. The summed E-state index contributed by atoms with van der Waals surface area (Å²) < 4.78 is 0. The smallest absolute Gasteiger partial charge is 0.243 e. The molecule has 0 aliphatic rings. The minimum absolute atomic E-state index is 0.103. The fraction of sp³-hybridized carbons (Fsp3) is 0.333. The summed E-state index contributed by atoms with van der Waals surface area (Å²) in [7, 11) is 0. The molecule has 4 nitrogen and oxygen atoms in total. The second-order valence-corrected chi connectivity index (χ2v) is 9.96. The minimum atomic E-state index is -0.661. The first-order valence-corrected chi connectivity index (χ1v) is 12.5. The highest BCUT2D eigenvalue weighted by atomic mass is 35.5. The maximum Gasteiger partial charge on any atom is 0.243 e. The van der Waals surface area contributed by atoms with Crippen molar-refractivity contribution in [3.8, 4) is 0 Å². The molecule has 3 aromatic rings. The van der Waals surface area contributed by atoms with Gasteiger partial charge in [0.25, 0.3) is 0 Å². The van der Waals surface area contributed by atoms with Crippen molar-refractivity contribution in [3.63, 3.8) is 0 Å². The van der Waals surface area contributed by atoms with Gasteiger partial charge in [0, 0.05) is 24.5 Å². The molecule has 0 heterocycles. The van der Waals surface area contributed by atoms with E-state index in [-0.39, 0.29) is 24.8 Å². The normalized spacial score (nSPS) is 11.8. The fourth-order valence-corrected chi connectivity index (χ4v) is 4.17. The largest absolute Gasteiger partial charge is 0.354 e. The quantitative estimate of drug-likeness (QED) is 0.384. The predicted octanol–water partition coefficient (Wildman–Crippen LogP) is 5.91. The van der Waals surface area contributed by atoms with Gasteiger partial charge in [0.05, 0.1) is 6.42 Å². The molecule has 0 saturated carbocycles. The van der Waals surface area contributed by atoms with Gasteiger partial charge in [-0.25, -0.2) is 0 Å². The van der Waals surface area contributed by atoms with E-state index in [1.54, 1.807) is 4.90 Å². The monoisotopic (exact) mass is 490 g/mol. The van der Waals surface area contributed by atoms with Gasteiger partial charge in [-0.15, -0.1) is 0 Å². The number of aryl methyl sites for hydroxylation is 2. The van der Waals surface area contributed by atoms with Crippen LogP contribution in [0, 0.1) is 19.8 Å². The number of nitrogens with one attached hydrogen (secondary N) is 1. The van der Waals surface area contributed by atoms with Gasteiger partial charge in [0.1, 0.15) is 6.04 Å². The highest BCUT2D eigenvalue weighted by Gasteiger charge is 2.30. The molecule has 0 aromatic heterocycles. The highest BCUT2D eigenvalue weighted by Crippen LogP contribution is 2.22. The summed E-state index contributed by atoms with van der Waals surface area (Å²) in [5.41, 5.74) is 5.08. The van der Waals surface area contributed by atoms with Crippen molar-refractivity contribution in [2.45, 2.75) is 53.1 Å². The van der Waals surface area contributed by atoms with Crippen molar-refractivity contribution in [3.05, 3.63) is 106 Å². The van der Waals surface area contributed by atoms with Gasteiger partial charge in [-0.1, -0.05) is 92.2 Å². The van der Waals surface area contributed by atoms with Crippen LogP contribution in [0.5, 0.6) is 0 Å². The Bertz CT molecular complexity index is 1140. The number of nitrogens with zero attached hydrogens (tertiary/aromatic N) is 1. The molecule has 1 unspecified atom stereocenters. The summed E-state index contributed by atoms with van der Waals surface area (Å²) >= 11 is 6.48. The molecule has 0 radical (unpaired) electrons. The fourth-order valence-electron chi connectivity index (χ4n) is 3.98. The van der Waals surface area contributed by atoms with E-state index in [0.29, 0.717) is 23.9 Å². The van der Waals surface area contributed by atoms with Crippen molar-refractivity contribution in [1.29, 1.82) is 0 Å². The second-order valence-electron chi connectivity index (χ2n) is 9.55. The minimum Gasteiger partial charge on any atom is -0.354 e. The Balaban J connectivity index is 1.98. The van der Waals surface area contributed by atoms with Crippen molar-refractivity contribution in [1.82, 2.24) is 10.2 Å². The first-order chi connectivity index (χ1) is 16.7. The van der Waals surface area contributed by atoms with E-state index in [2.05, 4.69) is 26.1 Å². The van der Waals surface area contributed by atoms with E-state index < -0.39 is 6.04 Å². The van der Waals surface area contributed by atoms with Crippen LogP contribution in [0.1, 0.15) is 41.7 Å². The van der Waals surface area contributed by atoms with Crippen LogP contribution in [0.3, 0.4) is 0 Å². The van der Waals surface area contributed by atoms with Crippen LogP contribution < -0.4 is 5.32 Å². The summed E-state index contributed by atoms with van der Waals surface area (Å²) in [5.74, 6) is 0.0522. The van der Waals surface area contributed by atoms with Crippen LogP contribution >= 0.6 is 11.6 Å². The third-order valence-corrected chi connectivity index (χ3v) is 6.55. The molecule has 3 rings (SSSR count). The third-order valence-electron chi connectivity index (χ3n) is 6.18. The standard InChI is InChI=1S/C30H35ClN2O2/c1-21(2)19-32-30(35)28(17-24-10-6-5-7-11-24)33(20-26-12-8-9-13-27(26)31)29(34)18-25-15-14-22(3)23(4)16-25/h5-16,21,28H,17-20H2,1-4H3,(H,32,35). The molecule has 3 aromatic carbocycles. The number of rotatable bonds is 10. The van der Waals surface area contributed by atoms with Gasteiger partial charge in [-0.2, -0.15) is 0 Å². The number of halogens is 1. The number of carbonyl (C=O) groups excluding carboxylic acids is 2. The number of carbonyl (C=O) groups is 2. The average molecular weight is 491 g/mol. The Labute approximate surface area is 214 Å². The van der Waals surface area contributed by atoms with Crippen LogP contribution in [0.4, 0.5) is 0 Å². The Morgan fingerprint density at radius 3 is 2.23 bits per heavy atom. The number of amides is 2. The first kappa shape index (κ1) is 26.5. The van der Waals surface area contributed by atoms with Gasteiger partial charge in [0.2, 0.25) is 11.8 Å².